The Kier molecular flexibility index (Phi) is 15.4. The van der Waals surface area contributed by atoms with Gasteiger partial charge < -0.3 is 19.7 Å². The first-order chi connectivity index (χ1) is 29.4. The number of nitrogens with one attached hydrogen (secondary N) is 4. The Labute approximate surface area is 361 Å². The third-order valence-corrected chi connectivity index (χ3v) is 10.7. The predicted molar refractivity (Wildman–Crippen MR) is 235 cm³/mol. The molecule has 0 atom stereocenters. The van der Waals surface area contributed by atoms with Crippen molar-refractivity contribution in [2.75, 3.05) is 21.3 Å². The highest BCUT2D eigenvalue weighted by Crippen LogP contribution is 2.20. The third kappa shape index (κ3) is 13.9. The minimum atomic E-state index is -4.27. The van der Waals surface area contributed by atoms with E-state index in [1.807, 2.05) is 134 Å². The maximum atomic E-state index is 12.8. The van der Waals surface area contributed by atoms with Crippen LogP contribution in [0.2, 0.25) is 0 Å². The van der Waals surface area contributed by atoms with Gasteiger partial charge in [0.2, 0.25) is 0 Å². The van der Waals surface area contributed by atoms with E-state index in [1.165, 1.54) is 24.3 Å². The number of aryl methyl sites for hydroxylation is 4. The summed E-state index contributed by atoms with van der Waals surface area (Å²) < 4.78 is 66.3. The first-order valence-corrected chi connectivity index (χ1v) is 21.7. The van der Waals surface area contributed by atoms with Gasteiger partial charge in [-0.3, -0.25) is 9.59 Å². The monoisotopic (exact) mass is 872 g/mol. The van der Waals surface area contributed by atoms with E-state index in [-0.39, 0.29) is 21.6 Å². The van der Waals surface area contributed by atoms with Gasteiger partial charge in [0.05, 0.1) is 36.3 Å². The van der Waals surface area contributed by atoms with Crippen molar-refractivity contribution in [1.29, 1.82) is 0 Å². The number of aromatic nitrogens is 2. The second-order valence-electron chi connectivity index (χ2n) is 13.8. The van der Waals surface area contributed by atoms with Crippen molar-refractivity contribution in [1.82, 2.24) is 0 Å². The fourth-order valence-electron chi connectivity index (χ4n) is 5.47. The predicted octanol–water partition coefficient (Wildman–Crippen LogP) is 7.13. The molecule has 0 aliphatic heterocycles. The van der Waals surface area contributed by atoms with Gasteiger partial charge in [-0.25, -0.2) is 36.6 Å². The van der Waals surface area contributed by atoms with Crippen molar-refractivity contribution < 1.29 is 44.7 Å². The molecular weight excluding hydrogens is 829 g/mol. The van der Waals surface area contributed by atoms with Crippen molar-refractivity contribution in [2.24, 2.45) is 14.1 Å². The third-order valence-electron chi connectivity index (χ3n) is 8.97. The molecule has 7 rings (SSSR count). The van der Waals surface area contributed by atoms with Crippen LogP contribution in [0, 0.1) is 13.8 Å². The second kappa shape index (κ2) is 20.8. The van der Waals surface area contributed by atoms with E-state index in [9.17, 15) is 35.5 Å². The molecule has 16 heteroatoms. The molecule has 2 aromatic heterocycles. The van der Waals surface area contributed by atoms with Crippen LogP contribution in [0.4, 0.5) is 34.4 Å². The highest BCUT2D eigenvalue weighted by molar-refractivity contribution is 7.86. The number of nitrogens with zero attached hydrogens (tertiary/aromatic N) is 2. The van der Waals surface area contributed by atoms with Crippen LogP contribution in [0.25, 0.3) is 0 Å². The highest BCUT2D eigenvalue weighted by Gasteiger charge is 2.12. The van der Waals surface area contributed by atoms with Gasteiger partial charge in [0.15, 0.2) is 0 Å². The molecule has 7 aromatic rings. The number of benzene rings is 5. The molecule has 0 unspecified atom stereocenters. The van der Waals surface area contributed by atoms with E-state index in [4.69, 9.17) is 0 Å². The first kappa shape index (κ1) is 45.8. The lowest BCUT2D eigenvalue weighted by Crippen LogP contribution is -2.30. The van der Waals surface area contributed by atoms with E-state index in [2.05, 4.69) is 21.3 Å². The zero-order valence-corrected chi connectivity index (χ0v) is 35.8. The number of hydrogen-bond acceptors (Lipinski definition) is 10. The Hall–Kier alpha value is -7.24. The minimum Gasteiger partial charge on any atom is -0.744 e. The lowest BCUT2D eigenvalue weighted by Gasteiger charge is -2.08. The second-order valence-corrected chi connectivity index (χ2v) is 16.6. The number of carbonyl (C=O) groups excluding carboxylic acids is 2. The fraction of sp³-hybridized carbons (Fsp3) is 0.0870. The van der Waals surface area contributed by atoms with Crippen LogP contribution in [0.5, 0.6) is 0 Å². The summed E-state index contributed by atoms with van der Waals surface area (Å²) in [5.41, 5.74) is 5.94. The molecule has 2 amide bonds. The molecule has 0 aliphatic carbocycles. The molecule has 0 radical (unpaired) electrons. The van der Waals surface area contributed by atoms with Gasteiger partial charge in [-0.15, -0.1) is 0 Å². The van der Waals surface area contributed by atoms with E-state index in [1.54, 1.807) is 48.5 Å². The van der Waals surface area contributed by atoms with E-state index >= 15 is 0 Å². The molecule has 5 aromatic carbocycles. The minimum absolute atomic E-state index is 0.178. The Bertz CT molecular complexity index is 2640. The summed E-state index contributed by atoms with van der Waals surface area (Å²) in [5, 5.41) is 12.5. The van der Waals surface area contributed by atoms with Crippen LogP contribution < -0.4 is 30.4 Å². The summed E-state index contributed by atoms with van der Waals surface area (Å²) in [6.45, 7) is 3.64. The van der Waals surface area contributed by atoms with E-state index < -0.39 is 20.2 Å². The standard InChI is InChI=1S/C32H28N6O2.2C7H8O3S/c1-37-21-5-3-7-29(37)33-25-13-17-27(18-14-25)35-31(39)23-9-11-24(12-10-23)32(40)36-28-19-15-26(16-20-28)34-30-8-4-6-22-38(30)2;2*1-6-2-4-7(5-3-6)11(8,9)10/h3-22H,1-2H3,(H2,35,36,39,40);2*2-5H,1H3,(H,8,9,10). The van der Waals surface area contributed by atoms with E-state index in [0.717, 1.165) is 34.1 Å². The molecule has 14 nitrogen and oxygen atoms in total. The molecule has 0 saturated heterocycles. The molecule has 62 heavy (non-hydrogen) atoms. The van der Waals surface area contributed by atoms with Gasteiger partial charge in [0, 0.05) is 34.6 Å². The van der Waals surface area contributed by atoms with Gasteiger partial charge in [-0.1, -0.05) is 47.5 Å². The van der Waals surface area contributed by atoms with Crippen LogP contribution in [0.1, 0.15) is 31.8 Å². The van der Waals surface area contributed by atoms with Crippen LogP contribution in [0.3, 0.4) is 0 Å². The number of carbonyl (C=O) groups is 2. The maximum Gasteiger partial charge on any atom is 0.279 e. The zero-order chi connectivity index (χ0) is 44.9. The molecule has 0 bridgehead atoms. The fourth-order valence-corrected chi connectivity index (χ4v) is 6.40. The summed E-state index contributed by atoms with van der Waals surface area (Å²) in [4.78, 5) is 25.2. The summed E-state index contributed by atoms with van der Waals surface area (Å²) >= 11 is 0. The summed E-state index contributed by atoms with van der Waals surface area (Å²) in [6, 6.07) is 44.9. The molecule has 318 valence electrons. The number of pyridine rings is 2. The zero-order valence-electron chi connectivity index (χ0n) is 34.1. The van der Waals surface area contributed by atoms with E-state index in [0.29, 0.717) is 22.5 Å². The average Bonchev–Trinajstić information content (AvgIpc) is 3.24. The molecule has 0 aliphatic rings. The highest BCUT2D eigenvalue weighted by atomic mass is 32.2. The quantitative estimate of drug-likeness (QED) is 0.0809. The summed E-state index contributed by atoms with van der Waals surface area (Å²) in [7, 11) is -4.61. The average molecular weight is 873 g/mol. The molecule has 0 fully saturated rings. The van der Waals surface area contributed by atoms with Gasteiger partial charge >= 0.3 is 0 Å². The lowest BCUT2D eigenvalue weighted by atomic mass is 10.1. The van der Waals surface area contributed by atoms with Crippen LogP contribution in [-0.2, 0) is 34.3 Å². The number of amides is 2. The Morgan fingerprint density at radius 1 is 0.435 bits per heavy atom. The SMILES string of the molecule is C[n+]1ccccc1Nc1ccc(NC(=O)c2ccc(C(=O)Nc3ccc(Nc4cccc[n+]4C)cc3)cc2)cc1.Cc1ccc(S(=O)(=O)[O-])cc1.Cc1ccc(S(=O)(=O)[O-])cc1. The van der Waals surface area contributed by atoms with Crippen molar-refractivity contribution in [3.8, 4) is 0 Å². The Morgan fingerprint density at radius 3 is 1.03 bits per heavy atom. The maximum absolute atomic E-state index is 12.8. The van der Waals surface area contributed by atoms with Crippen molar-refractivity contribution >= 4 is 66.4 Å². The van der Waals surface area contributed by atoms with Crippen molar-refractivity contribution in [3.05, 3.63) is 192 Å². The number of anilines is 6. The normalized spacial score (nSPS) is 10.8. The van der Waals surface area contributed by atoms with Crippen LogP contribution in [-0.4, -0.2) is 37.8 Å². The Balaban J connectivity index is 0.000000267. The largest absolute Gasteiger partial charge is 0.744 e. The first-order valence-electron chi connectivity index (χ1n) is 18.9. The van der Waals surface area contributed by atoms with Crippen molar-refractivity contribution in [2.45, 2.75) is 23.6 Å². The van der Waals surface area contributed by atoms with Gasteiger partial charge in [0.1, 0.15) is 31.6 Å². The number of rotatable bonds is 10. The molecular formula is C46H44N6O8S2. The molecule has 2 heterocycles. The smallest absolute Gasteiger partial charge is 0.279 e. The number of hydrogen-bond donors (Lipinski definition) is 4. The summed E-state index contributed by atoms with van der Waals surface area (Å²) in [5.74, 6) is 1.40. The van der Waals surface area contributed by atoms with Gasteiger partial charge in [-0.05, 0) is 123 Å². The van der Waals surface area contributed by atoms with Gasteiger partial charge in [0.25, 0.3) is 23.5 Å². The van der Waals surface area contributed by atoms with Crippen molar-refractivity contribution in [3.63, 3.8) is 0 Å². The molecule has 0 saturated carbocycles. The lowest BCUT2D eigenvalue weighted by molar-refractivity contribution is -0.657. The Morgan fingerprint density at radius 2 is 0.742 bits per heavy atom. The molecule has 0 spiro atoms. The molecule has 4 N–H and O–H groups in total. The topological polar surface area (TPSA) is 204 Å². The summed E-state index contributed by atoms with van der Waals surface area (Å²) in [6.07, 6.45) is 3.93. The van der Waals surface area contributed by atoms with Crippen LogP contribution >= 0.6 is 0 Å². The van der Waals surface area contributed by atoms with Gasteiger partial charge in [-0.2, -0.15) is 0 Å². The van der Waals surface area contributed by atoms with Crippen LogP contribution in [0.15, 0.2) is 180 Å².